The molecule has 20 heavy (non-hydrogen) atoms. The van der Waals surface area contributed by atoms with E-state index in [1.54, 1.807) is 6.92 Å². The highest BCUT2D eigenvalue weighted by Crippen LogP contribution is 2.13. The van der Waals surface area contributed by atoms with E-state index in [1.165, 1.54) is 6.42 Å². The summed E-state index contributed by atoms with van der Waals surface area (Å²) in [5, 5.41) is 0. The molecule has 0 spiro atoms. The van der Waals surface area contributed by atoms with E-state index in [1.807, 2.05) is 6.92 Å². The summed E-state index contributed by atoms with van der Waals surface area (Å²) < 4.78 is 5.02. The summed E-state index contributed by atoms with van der Waals surface area (Å²) in [6, 6.07) is 0.663. The third-order valence-corrected chi connectivity index (χ3v) is 4.31. The van der Waals surface area contributed by atoms with E-state index < -0.39 is 5.54 Å². The molecule has 1 rings (SSSR count). The molecule has 5 heteroatoms. The lowest BCUT2D eigenvalue weighted by molar-refractivity contribution is -0.149. The highest BCUT2D eigenvalue weighted by molar-refractivity contribution is 5.79. The first-order valence-corrected chi connectivity index (χ1v) is 7.83. The van der Waals surface area contributed by atoms with Crippen molar-refractivity contribution in [3.63, 3.8) is 0 Å². The molecule has 118 valence electrons. The second-order valence-corrected chi connectivity index (χ2v) is 6.02. The third kappa shape index (κ3) is 5.04. The van der Waals surface area contributed by atoms with E-state index >= 15 is 0 Å². The number of hydrogen-bond donors (Lipinski definition) is 1. The van der Waals surface area contributed by atoms with E-state index in [-0.39, 0.29) is 5.97 Å². The van der Waals surface area contributed by atoms with Gasteiger partial charge in [-0.15, -0.1) is 0 Å². The molecule has 0 aliphatic carbocycles. The highest BCUT2D eigenvalue weighted by atomic mass is 16.5. The molecule has 0 aromatic heterocycles. The van der Waals surface area contributed by atoms with Crippen molar-refractivity contribution in [1.82, 2.24) is 9.80 Å². The zero-order valence-electron chi connectivity index (χ0n) is 13.5. The van der Waals surface area contributed by atoms with Crippen LogP contribution < -0.4 is 5.73 Å². The molecule has 1 fully saturated rings. The van der Waals surface area contributed by atoms with Crippen LogP contribution >= 0.6 is 0 Å². The Hall–Kier alpha value is -0.650. The molecule has 1 aliphatic heterocycles. The van der Waals surface area contributed by atoms with Crippen LogP contribution in [0.2, 0.25) is 0 Å². The van der Waals surface area contributed by atoms with E-state index in [0.717, 1.165) is 32.7 Å². The fourth-order valence-corrected chi connectivity index (χ4v) is 2.47. The normalized spacial score (nSPS) is 22.2. The monoisotopic (exact) mass is 285 g/mol. The van der Waals surface area contributed by atoms with Gasteiger partial charge in [-0.25, -0.2) is 0 Å². The summed E-state index contributed by atoms with van der Waals surface area (Å²) in [6.45, 7) is 13.7. The Morgan fingerprint density at radius 1 is 1.30 bits per heavy atom. The molecule has 0 amide bonds. The number of nitrogens with two attached hydrogens (primary N) is 1. The molecule has 1 aliphatic rings. The predicted molar refractivity (Wildman–Crippen MR) is 81.6 cm³/mol. The van der Waals surface area contributed by atoms with Crippen LogP contribution in [0.4, 0.5) is 0 Å². The molecular weight excluding hydrogens is 254 g/mol. The lowest BCUT2D eigenvalue weighted by Crippen LogP contribution is -2.52. The van der Waals surface area contributed by atoms with Gasteiger partial charge in [-0.3, -0.25) is 9.69 Å². The van der Waals surface area contributed by atoms with Crippen LogP contribution in [-0.4, -0.2) is 66.7 Å². The minimum absolute atomic E-state index is 0.293. The first-order valence-electron chi connectivity index (χ1n) is 7.83. The number of rotatable bonds is 7. The van der Waals surface area contributed by atoms with Gasteiger partial charge in [0.25, 0.3) is 0 Å². The smallest absolute Gasteiger partial charge is 0.325 e. The predicted octanol–water partition coefficient (Wildman–Crippen LogP) is 1.07. The van der Waals surface area contributed by atoms with Gasteiger partial charge in [0.15, 0.2) is 0 Å². The fourth-order valence-electron chi connectivity index (χ4n) is 2.47. The van der Waals surface area contributed by atoms with Gasteiger partial charge in [0.2, 0.25) is 0 Å². The van der Waals surface area contributed by atoms with Crippen LogP contribution in [0.1, 0.15) is 40.5 Å². The van der Waals surface area contributed by atoms with E-state index in [4.69, 9.17) is 10.5 Å². The number of piperazine rings is 1. The number of hydrogen-bond acceptors (Lipinski definition) is 5. The maximum absolute atomic E-state index is 11.7. The minimum Gasteiger partial charge on any atom is -0.465 e. The molecule has 0 aromatic carbocycles. The lowest BCUT2D eigenvalue weighted by Gasteiger charge is -2.38. The zero-order chi connectivity index (χ0) is 15.2. The van der Waals surface area contributed by atoms with Gasteiger partial charge in [0.05, 0.1) is 6.61 Å². The molecule has 0 radical (unpaired) electrons. The molecule has 2 N–H and O–H groups in total. The SMILES string of the molecule is CCOC(=O)C(C)(N)CCN1CCN(C(C)CC)CC1. The Bertz CT molecular complexity index is 299. The molecule has 0 aromatic rings. The average Bonchev–Trinajstić information content (AvgIpc) is 2.45. The summed E-state index contributed by atoms with van der Waals surface area (Å²) in [4.78, 5) is 16.7. The van der Waals surface area contributed by atoms with Crippen molar-refractivity contribution < 1.29 is 9.53 Å². The van der Waals surface area contributed by atoms with Gasteiger partial charge in [0, 0.05) is 38.8 Å². The number of nitrogens with zero attached hydrogens (tertiary/aromatic N) is 2. The van der Waals surface area contributed by atoms with E-state index in [9.17, 15) is 4.79 Å². The second-order valence-electron chi connectivity index (χ2n) is 6.02. The standard InChI is InChI=1S/C15H31N3O2/c1-5-13(3)18-11-9-17(10-12-18)8-7-15(4,16)14(19)20-6-2/h13H,5-12,16H2,1-4H3. The van der Waals surface area contributed by atoms with Crippen LogP contribution in [0.5, 0.6) is 0 Å². The minimum atomic E-state index is -0.871. The third-order valence-electron chi connectivity index (χ3n) is 4.31. The van der Waals surface area contributed by atoms with Crippen LogP contribution in [0.3, 0.4) is 0 Å². The van der Waals surface area contributed by atoms with Crippen molar-refractivity contribution in [3.05, 3.63) is 0 Å². The average molecular weight is 285 g/mol. The number of carbonyl (C=O) groups is 1. The first-order chi connectivity index (χ1) is 9.40. The topological polar surface area (TPSA) is 58.8 Å². The summed E-state index contributed by atoms with van der Waals surface area (Å²) in [5.41, 5.74) is 5.18. The molecule has 0 saturated carbocycles. The van der Waals surface area contributed by atoms with Crippen molar-refractivity contribution >= 4 is 5.97 Å². The van der Waals surface area contributed by atoms with Gasteiger partial charge in [-0.05, 0) is 33.6 Å². The van der Waals surface area contributed by atoms with Gasteiger partial charge >= 0.3 is 5.97 Å². The number of ether oxygens (including phenoxy) is 1. The summed E-state index contributed by atoms with van der Waals surface area (Å²) in [7, 11) is 0. The first kappa shape index (κ1) is 17.4. The van der Waals surface area contributed by atoms with Crippen molar-refractivity contribution in [2.45, 2.75) is 52.1 Å². The Balaban J connectivity index is 2.32. The Morgan fingerprint density at radius 3 is 2.40 bits per heavy atom. The Kier molecular flexibility index (Phi) is 6.92. The molecule has 1 heterocycles. The largest absolute Gasteiger partial charge is 0.465 e. The van der Waals surface area contributed by atoms with Gasteiger partial charge < -0.3 is 15.4 Å². The van der Waals surface area contributed by atoms with Gasteiger partial charge in [-0.2, -0.15) is 0 Å². The summed E-state index contributed by atoms with van der Waals surface area (Å²) in [5.74, 6) is -0.293. The molecule has 5 nitrogen and oxygen atoms in total. The van der Waals surface area contributed by atoms with Crippen molar-refractivity contribution in [2.24, 2.45) is 5.73 Å². The lowest BCUT2D eigenvalue weighted by atomic mass is 9.99. The number of esters is 1. The van der Waals surface area contributed by atoms with E-state index in [0.29, 0.717) is 19.1 Å². The van der Waals surface area contributed by atoms with Crippen LogP contribution in [-0.2, 0) is 9.53 Å². The van der Waals surface area contributed by atoms with Gasteiger partial charge in [0.1, 0.15) is 5.54 Å². The van der Waals surface area contributed by atoms with Crippen LogP contribution in [0, 0.1) is 0 Å². The summed E-state index contributed by atoms with van der Waals surface area (Å²) >= 11 is 0. The molecule has 1 saturated heterocycles. The van der Waals surface area contributed by atoms with Crippen molar-refractivity contribution in [3.8, 4) is 0 Å². The van der Waals surface area contributed by atoms with Gasteiger partial charge in [-0.1, -0.05) is 6.92 Å². The molecular formula is C15H31N3O2. The molecule has 2 unspecified atom stereocenters. The molecule has 2 atom stereocenters. The maximum Gasteiger partial charge on any atom is 0.325 e. The highest BCUT2D eigenvalue weighted by Gasteiger charge is 2.31. The maximum atomic E-state index is 11.7. The van der Waals surface area contributed by atoms with Crippen molar-refractivity contribution in [1.29, 1.82) is 0 Å². The van der Waals surface area contributed by atoms with Crippen LogP contribution in [0.15, 0.2) is 0 Å². The fraction of sp³-hybridized carbons (Fsp3) is 0.933. The Labute approximate surface area is 123 Å². The summed E-state index contributed by atoms with van der Waals surface area (Å²) in [6.07, 6.45) is 1.85. The van der Waals surface area contributed by atoms with E-state index in [2.05, 4.69) is 23.6 Å². The number of carbonyl (C=O) groups excluding carboxylic acids is 1. The van der Waals surface area contributed by atoms with Crippen molar-refractivity contribution in [2.75, 3.05) is 39.3 Å². The second kappa shape index (κ2) is 7.96. The zero-order valence-corrected chi connectivity index (χ0v) is 13.5. The quantitative estimate of drug-likeness (QED) is 0.709. The molecule has 0 bridgehead atoms. The Morgan fingerprint density at radius 2 is 1.90 bits per heavy atom. The van der Waals surface area contributed by atoms with Crippen LogP contribution in [0.25, 0.3) is 0 Å².